The molecule has 2 rings (SSSR count). The number of hydrogen-bond donors (Lipinski definition) is 1. The Bertz CT molecular complexity index is 611. The molecule has 21 heavy (non-hydrogen) atoms. The van der Waals surface area contributed by atoms with Crippen molar-refractivity contribution in [1.29, 1.82) is 0 Å². The summed E-state index contributed by atoms with van der Waals surface area (Å²) in [7, 11) is 2.08. The molecule has 0 radical (unpaired) electrons. The van der Waals surface area contributed by atoms with Gasteiger partial charge >= 0.3 is 0 Å². The van der Waals surface area contributed by atoms with E-state index in [1.54, 1.807) is 11.3 Å². The van der Waals surface area contributed by atoms with Gasteiger partial charge in [-0.05, 0) is 46.2 Å². The van der Waals surface area contributed by atoms with Crippen molar-refractivity contribution in [3.05, 3.63) is 40.4 Å². The third kappa shape index (κ3) is 4.29. The van der Waals surface area contributed by atoms with Crippen LogP contribution in [0.2, 0.25) is 0 Å². The molecule has 3 nitrogen and oxygen atoms in total. The molecule has 0 aliphatic carbocycles. The lowest BCUT2D eigenvalue weighted by molar-refractivity contribution is 0.422. The Morgan fingerprint density at radius 3 is 2.57 bits per heavy atom. The Morgan fingerprint density at radius 2 is 1.95 bits per heavy atom. The van der Waals surface area contributed by atoms with E-state index in [0.717, 1.165) is 17.4 Å². The maximum absolute atomic E-state index is 4.74. The van der Waals surface area contributed by atoms with Gasteiger partial charge in [-0.3, -0.25) is 0 Å². The van der Waals surface area contributed by atoms with E-state index in [1.165, 1.54) is 16.8 Å². The summed E-state index contributed by atoms with van der Waals surface area (Å²) < 4.78 is 0. The summed E-state index contributed by atoms with van der Waals surface area (Å²) >= 11 is 1.69. The van der Waals surface area contributed by atoms with Crippen molar-refractivity contribution in [1.82, 2.24) is 10.3 Å². The van der Waals surface area contributed by atoms with Crippen LogP contribution in [-0.2, 0) is 6.54 Å². The van der Waals surface area contributed by atoms with E-state index in [9.17, 15) is 0 Å². The number of aromatic nitrogens is 1. The van der Waals surface area contributed by atoms with Crippen molar-refractivity contribution in [2.75, 3.05) is 11.9 Å². The molecule has 0 amide bonds. The number of rotatable bonds is 4. The summed E-state index contributed by atoms with van der Waals surface area (Å²) in [5, 5.41) is 6.64. The maximum atomic E-state index is 4.74. The lowest BCUT2D eigenvalue weighted by Gasteiger charge is -2.20. The molecule has 0 saturated heterocycles. The van der Waals surface area contributed by atoms with Crippen LogP contribution >= 0.6 is 11.3 Å². The van der Waals surface area contributed by atoms with Gasteiger partial charge in [-0.15, -0.1) is 11.3 Å². The average molecular weight is 303 g/mol. The first-order chi connectivity index (χ1) is 9.76. The topological polar surface area (TPSA) is 28.2 Å². The SMILES string of the molecule is Cc1ccc(N(C)c2nc(CNC(C)(C)C)cs2)c(C)c1. The third-order valence-corrected chi connectivity index (χ3v) is 4.31. The molecule has 2 aromatic rings. The summed E-state index contributed by atoms with van der Waals surface area (Å²) in [5.74, 6) is 0. The number of nitrogens with one attached hydrogen (secondary N) is 1. The van der Waals surface area contributed by atoms with E-state index in [4.69, 9.17) is 4.98 Å². The minimum Gasteiger partial charge on any atom is -0.321 e. The van der Waals surface area contributed by atoms with E-state index in [1.807, 2.05) is 0 Å². The lowest BCUT2D eigenvalue weighted by atomic mass is 10.1. The van der Waals surface area contributed by atoms with Gasteiger partial charge in [0, 0.05) is 30.2 Å². The van der Waals surface area contributed by atoms with E-state index >= 15 is 0 Å². The van der Waals surface area contributed by atoms with Crippen LogP contribution < -0.4 is 10.2 Å². The molecular formula is C17H25N3S. The van der Waals surface area contributed by atoms with Gasteiger partial charge in [0.15, 0.2) is 5.13 Å². The normalized spacial score (nSPS) is 11.7. The van der Waals surface area contributed by atoms with Crippen LogP contribution in [-0.4, -0.2) is 17.6 Å². The first kappa shape index (κ1) is 16.0. The first-order valence-corrected chi connectivity index (χ1v) is 8.14. The third-order valence-electron chi connectivity index (χ3n) is 3.34. The predicted octanol–water partition coefficient (Wildman–Crippen LogP) is 4.42. The predicted molar refractivity (Wildman–Crippen MR) is 92.7 cm³/mol. The molecule has 0 aliphatic rings. The van der Waals surface area contributed by atoms with Gasteiger partial charge in [-0.25, -0.2) is 4.98 Å². The van der Waals surface area contributed by atoms with Crippen LogP contribution in [0.25, 0.3) is 0 Å². The number of hydrogen-bond acceptors (Lipinski definition) is 4. The van der Waals surface area contributed by atoms with Crippen molar-refractivity contribution >= 4 is 22.2 Å². The summed E-state index contributed by atoms with van der Waals surface area (Å²) in [5.41, 5.74) is 5.00. The molecule has 1 N–H and O–H groups in total. The molecule has 1 heterocycles. The molecular weight excluding hydrogens is 278 g/mol. The Hall–Kier alpha value is -1.39. The molecule has 0 atom stereocenters. The van der Waals surface area contributed by atoms with Gasteiger partial charge in [0.1, 0.15) is 0 Å². The number of nitrogens with zero attached hydrogens (tertiary/aromatic N) is 2. The fourth-order valence-electron chi connectivity index (χ4n) is 2.17. The molecule has 114 valence electrons. The zero-order valence-electron chi connectivity index (χ0n) is 13.8. The standard InChI is InChI=1S/C17H25N3S/c1-12-7-8-15(13(2)9-12)20(6)16-19-14(11-21-16)10-18-17(3,4)5/h7-9,11,18H,10H2,1-6H3. The maximum Gasteiger partial charge on any atom is 0.189 e. The molecule has 0 unspecified atom stereocenters. The Morgan fingerprint density at radius 1 is 1.24 bits per heavy atom. The highest BCUT2D eigenvalue weighted by atomic mass is 32.1. The lowest BCUT2D eigenvalue weighted by Crippen LogP contribution is -2.35. The molecule has 1 aromatic heterocycles. The van der Waals surface area contributed by atoms with Crippen molar-refractivity contribution in [3.8, 4) is 0 Å². The highest BCUT2D eigenvalue weighted by Crippen LogP contribution is 2.29. The zero-order chi connectivity index (χ0) is 15.6. The van der Waals surface area contributed by atoms with Gasteiger partial charge < -0.3 is 10.2 Å². The average Bonchev–Trinajstić information content (AvgIpc) is 2.83. The fraction of sp³-hybridized carbons (Fsp3) is 0.471. The van der Waals surface area contributed by atoms with Crippen LogP contribution in [0, 0.1) is 13.8 Å². The highest BCUT2D eigenvalue weighted by molar-refractivity contribution is 7.13. The second-order valence-corrected chi connectivity index (χ2v) is 7.41. The summed E-state index contributed by atoms with van der Waals surface area (Å²) in [4.78, 5) is 6.90. The number of aryl methyl sites for hydroxylation is 2. The van der Waals surface area contributed by atoms with Gasteiger partial charge in [-0.1, -0.05) is 17.7 Å². The van der Waals surface area contributed by atoms with E-state index in [-0.39, 0.29) is 5.54 Å². The quantitative estimate of drug-likeness (QED) is 0.906. The van der Waals surface area contributed by atoms with Crippen LogP contribution in [0.4, 0.5) is 10.8 Å². The molecule has 0 saturated carbocycles. The van der Waals surface area contributed by atoms with Gasteiger partial charge in [0.25, 0.3) is 0 Å². The molecule has 0 bridgehead atoms. The monoisotopic (exact) mass is 303 g/mol. The largest absolute Gasteiger partial charge is 0.321 e. The van der Waals surface area contributed by atoms with Crippen molar-refractivity contribution in [3.63, 3.8) is 0 Å². The fourth-order valence-corrected chi connectivity index (χ4v) is 2.98. The van der Waals surface area contributed by atoms with Crippen molar-refractivity contribution in [2.24, 2.45) is 0 Å². The Labute approximate surface area is 132 Å². The summed E-state index contributed by atoms with van der Waals surface area (Å²) in [6.07, 6.45) is 0. The minimum atomic E-state index is 0.114. The molecule has 0 aliphatic heterocycles. The van der Waals surface area contributed by atoms with Crippen molar-refractivity contribution < 1.29 is 0 Å². The summed E-state index contributed by atoms with van der Waals surface area (Å²) in [6.45, 7) is 11.6. The molecule has 0 fully saturated rings. The van der Waals surface area contributed by atoms with E-state index in [0.29, 0.717) is 0 Å². The second kappa shape index (κ2) is 6.16. The van der Waals surface area contributed by atoms with Gasteiger partial charge in [0.2, 0.25) is 0 Å². The number of anilines is 2. The van der Waals surface area contributed by atoms with Gasteiger partial charge in [0.05, 0.1) is 5.69 Å². The van der Waals surface area contributed by atoms with Crippen molar-refractivity contribution in [2.45, 2.75) is 46.7 Å². The number of benzene rings is 1. The van der Waals surface area contributed by atoms with Crippen LogP contribution in [0.5, 0.6) is 0 Å². The summed E-state index contributed by atoms with van der Waals surface area (Å²) in [6, 6.07) is 6.52. The minimum absolute atomic E-state index is 0.114. The van der Waals surface area contributed by atoms with Crippen LogP contribution in [0.3, 0.4) is 0 Å². The molecule has 4 heteroatoms. The zero-order valence-corrected chi connectivity index (χ0v) is 14.6. The highest BCUT2D eigenvalue weighted by Gasteiger charge is 2.13. The smallest absolute Gasteiger partial charge is 0.189 e. The second-order valence-electron chi connectivity index (χ2n) is 6.57. The number of thiazole rings is 1. The van der Waals surface area contributed by atoms with Crippen LogP contribution in [0.1, 0.15) is 37.6 Å². The van der Waals surface area contributed by atoms with Crippen LogP contribution in [0.15, 0.2) is 23.6 Å². The molecule has 0 spiro atoms. The first-order valence-electron chi connectivity index (χ1n) is 7.27. The van der Waals surface area contributed by atoms with E-state index < -0.39 is 0 Å². The van der Waals surface area contributed by atoms with Gasteiger partial charge in [-0.2, -0.15) is 0 Å². The Kier molecular flexibility index (Phi) is 4.69. The Balaban J connectivity index is 2.13. The van der Waals surface area contributed by atoms with E-state index in [2.05, 4.69) is 75.5 Å². The molecule has 1 aromatic carbocycles.